The second-order valence-corrected chi connectivity index (χ2v) is 14.7. The molecule has 4 aliphatic rings. The molecule has 0 unspecified atom stereocenters. The Morgan fingerprint density at radius 2 is 1.49 bits per heavy atom. The number of aliphatic imine (C=N–C) groups is 1. The Morgan fingerprint density at radius 3 is 2.16 bits per heavy atom. The van der Waals surface area contributed by atoms with E-state index >= 15 is 0 Å². The predicted octanol–water partition coefficient (Wildman–Crippen LogP) is 4.61. The topological polar surface area (TPSA) is 184 Å². The standard InChI is InChI=1S/C41H46N8O6/c1-5-33(47-41(53)55-4)39(51)49-31-17-15-29(19-31)36(49)37-44-21-34(46-37)27-12-8-25(9-13-27)24-6-10-26(11-7-24)32(42)20-43-22-35-28-14-16-30(18-28)48(35)38(50)23(2)45-40(52)54-3/h1,6-13,20-23,28-31,33,35-36H,14-19,42H2,2-4H3,(H,44,46)(H,45,52)(H,47,53)/b32-20-,43-22?/t23-,28-,29-,30+,31+,33-,35+,36-/m0/s1. The molecule has 2 saturated heterocycles. The summed E-state index contributed by atoms with van der Waals surface area (Å²) in [5.41, 5.74) is 11.6. The number of aromatic nitrogens is 2. The molecule has 14 heteroatoms. The van der Waals surface area contributed by atoms with Crippen molar-refractivity contribution in [1.82, 2.24) is 30.4 Å². The summed E-state index contributed by atoms with van der Waals surface area (Å²) in [6, 6.07) is 14.0. The molecule has 7 rings (SSSR count). The number of methoxy groups -OCH3 is 2. The van der Waals surface area contributed by atoms with Gasteiger partial charge in [-0.05, 0) is 79.5 Å². The van der Waals surface area contributed by atoms with Crippen LogP contribution in [-0.4, -0.2) is 94.4 Å². The molecule has 4 amide bonds. The summed E-state index contributed by atoms with van der Waals surface area (Å²) < 4.78 is 9.32. The first-order valence-electron chi connectivity index (χ1n) is 18.6. The molecule has 0 spiro atoms. The average Bonchev–Trinajstić information content (AvgIpc) is 4.07. The van der Waals surface area contributed by atoms with Crippen molar-refractivity contribution < 1.29 is 28.7 Å². The molecule has 3 aromatic rings. The molecule has 0 radical (unpaired) electrons. The third kappa shape index (κ3) is 7.38. The molecule has 14 nitrogen and oxygen atoms in total. The van der Waals surface area contributed by atoms with E-state index in [0.29, 0.717) is 17.4 Å². The highest BCUT2D eigenvalue weighted by molar-refractivity contribution is 5.90. The van der Waals surface area contributed by atoms with Crippen LogP contribution in [0, 0.1) is 24.2 Å². The van der Waals surface area contributed by atoms with E-state index in [4.69, 9.17) is 17.1 Å². The maximum atomic E-state index is 13.5. The lowest BCUT2D eigenvalue weighted by molar-refractivity contribution is -0.137. The van der Waals surface area contributed by atoms with E-state index in [1.54, 1.807) is 30.4 Å². The first kappa shape index (κ1) is 37.2. The predicted molar refractivity (Wildman–Crippen MR) is 206 cm³/mol. The molecule has 1 aromatic heterocycles. The van der Waals surface area contributed by atoms with Gasteiger partial charge in [0.05, 0.1) is 50.1 Å². The SMILES string of the molecule is C#C[C@H](NC(=O)OC)C(=O)N1[C@@H]2CC[C@@H](C2)[C@H]1c1ncc(-c2ccc(-c3ccc(/C(N)=C/N=C[C@@H]4[C@H]5CC[C@H](C5)N4C(=O)[C@H](C)NC(=O)OC)cc3)cc2)[nH]1. The number of rotatable bonds is 10. The molecular weight excluding hydrogens is 701 g/mol. The largest absolute Gasteiger partial charge is 0.453 e. The molecule has 286 valence electrons. The van der Waals surface area contributed by atoms with Gasteiger partial charge in [-0.1, -0.05) is 54.5 Å². The zero-order valence-electron chi connectivity index (χ0n) is 31.1. The third-order valence-electron chi connectivity index (χ3n) is 11.6. The fraction of sp³-hybridized carbons (Fsp3) is 0.415. The summed E-state index contributed by atoms with van der Waals surface area (Å²) in [6.07, 6.45) is 15.1. The van der Waals surface area contributed by atoms with Crippen molar-refractivity contribution in [2.75, 3.05) is 14.2 Å². The molecule has 4 bridgehead atoms. The van der Waals surface area contributed by atoms with Crippen molar-refractivity contribution in [2.45, 2.75) is 81.7 Å². The molecule has 2 saturated carbocycles. The van der Waals surface area contributed by atoms with Crippen LogP contribution in [0.2, 0.25) is 0 Å². The minimum Gasteiger partial charge on any atom is -0.453 e. The van der Waals surface area contributed by atoms with Gasteiger partial charge in [0.2, 0.25) is 5.91 Å². The first-order chi connectivity index (χ1) is 26.6. The number of aromatic amines is 1. The van der Waals surface area contributed by atoms with E-state index in [-0.39, 0.29) is 41.9 Å². The molecular formula is C41H46N8O6. The van der Waals surface area contributed by atoms with Gasteiger partial charge in [-0.2, -0.15) is 0 Å². The van der Waals surface area contributed by atoms with Crippen LogP contribution in [0.1, 0.15) is 62.9 Å². The number of nitrogens with one attached hydrogen (secondary N) is 3. The number of hydrogen-bond donors (Lipinski definition) is 4. The fourth-order valence-electron chi connectivity index (χ4n) is 8.84. The maximum absolute atomic E-state index is 13.5. The number of nitrogens with two attached hydrogens (primary N) is 1. The van der Waals surface area contributed by atoms with Gasteiger partial charge < -0.3 is 35.3 Å². The van der Waals surface area contributed by atoms with Crippen molar-refractivity contribution in [2.24, 2.45) is 22.6 Å². The van der Waals surface area contributed by atoms with Crippen LogP contribution < -0.4 is 16.4 Å². The van der Waals surface area contributed by atoms with Gasteiger partial charge in [-0.15, -0.1) is 6.42 Å². The van der Waals surface area contributed by atoms with Gasteiger partial charge in [-0.25, -0.2) is 14.6 Å². The van der Waals surface area contributed by atoms with E-state index < -0.39 is 24.3 Å². The summed E-state index contributed by atoms with van der Waals surface area (Å²) >= 11 is 0. The number of amides is 4. The van der Waals surface area contributed by atoms with Gasteiger partial charge in [0.15, 0.2) is 6.04 Å². The van der Waals surface area contributed by atoms with Crippen LogP contribution in [0.3, 0.4) is 0 Å². The lowest BCUT2D eigenvalue weighted by Crippen LogP contribution is -2.53. The van der Waals surface area contributed by atoms with Crippen molar-refractivity contribution in [3.63, 3.8) is 0 Å². The molecule has 2 aliphatic heterocycles. The summed E-state index contributed by atoms with van der Waals surface area (Å²) in [5, 5.41) is 5.04. The van der Waals surface area contributed by atoms with Crippen molar-refractivity contribution >= 4 is 35.9 Å². The van der Waals surface area contributed by atoms with E-state index in [0.717, 1.165) is 66.5 Å². The number of ether oxygens (including phenoxy) is 2. The zero-order valence-corrected chi connectivity index (χ0v) is 31.1. The Bertz CT molecular complexity index is 2040. The van der Waals surface area contributed by atoms with Gasteiger partial charge in [0.25, 0.3) is 5.91 Å². The number of benzene rings is 2. The van der Waals surface area contributed by atoms with Crippen molar-refractivity contribution in [3.8, 4) is 34.7 Å². The van der Waals surface area contributed by atoms with Crippen LogP contribution in [0.25, 0.3) is 28.1 Å². The number of fused-ring (bicyclic) bond motifs is 4. The number of imidazole rings is 1. The lowest BCUT2D eigenvalue weighted by atomic mass is 9.97. The summed E-state index contributed by atoms with van der Waals surface area (Å²) in [4.78, 5) is 66.6. The van der Waals surface area contributed by atoms with Crippen LogP contribution >= 0.6 is 0 Å². The lowest BCUT2D eigenvalue weighted by Gasteiger charge is -2.35. The summed E-state index contributed by atoms with van der Waals surface area (Å²) in [5.74, 6) is 3.19. The molecule has 2 aromatic carbocycles. The van der Waals surface area contributed by atoms with Gasteiger partial charge >= 0.3 is 12.2 Å². The minimum atomic E-state index is -1.12. The third-order valence-corrected chi connectivity index (χ3v) is 11.6. The van der Waals surface area contributed by atoms with Crippen molar-refractivity contribution in [1.29, 1.82) is 0 Å². The van der Waals surface area contributed by atoms with E-state index in [1.807, 2.05) is 53.4 Å². The summed E-state index contributed by atoms with van der Waals surface area (Å²) in [7, 11) is 2.50. The van der Waals surface area contributed by atoms with Crippen LogP contribution in [0.5, 0.6) is 0 Å². The average molecular weight is 747 g/mol. The Morgan fingerprint density at radius 1 is 0.891 bits per heavy atom. The molecule has 3 heterocycles. The highest BCUT2D eigenvalue weighted by atomic mass is 16.5. The number of carbonyl (C=O) groups is 4. The number of alkyl carbamates (subject to hydrolysis) is 2. The Labute approximate surface area is 319 Å². The van der Waals surface area contributed by atoms with Crippen LogP contribution in [0.4, 0.5) is 9.59 Å². The molecule has 5 N–H and O–H groups in total. The zero-order chi connectivity index (χ0) is 38.8. The number of carbonyl (C=O) groups excluding carboxylic acids is 4. The highest BCUT2D eigenvalue weighted by Crippen LogP contribution is 2.50. The quantitative estimate of drug-likeness (QED) is 0.171. The number of terminal acetylenes is 1. The number of nitrogens with zero attached hydrogens (tertiary/aromatic N) is 4. The Hall–Kier alpha value is -6.10. The molecule has 8 atom stereocenters. The van der Waals surface area contributed by atoms with Crippen LogP contribution in [-0.2, 0) is 19.1 Å². The number of hydrogen-bond acceptors (Lipinski definition) is 9. The van der Waals surface area contributed by atoms with Gasteiger partial charge in [0, 0.05) is 18.3 Å². The Balaban J connectivity index is 0.993. The second-order valence-electron chi connectivity index (χ2n) is 14.7. The minimum absolute atomic E-state index is 0.0406. The van der Waals surface area contributed by atoms with Crippen molar-refractivity contribution in [3.05, 3.63) is 72.3 Å². The van der Waals surface area contributed by atoms with Gasteiger partial charge in [0.1, 0.15) is 11.9 Å². The van der Waals surface area contributed by atoms with E-state index in [2.05, 4.69) is 36.0 Å². The molecule has 2 aliphatic carbocycles. The van der Waals surface area contributed by atoms with Gasteiger partial charge in [-0.3, -0.25) is 19.9 Å². The fourth-order valence-corrected chi connectivity index (χ4v) is 8.84. The number of H-pyrrole nitrogens is 1. The molecule has 4 fully saturated rings. The summed E-state index contributed by atoms with van der Waals surface area (Å²) in [6.45, 7) is 1.66. The van der Waals surface area contributed by atoms with E-state index in [9.17, 15) is 19.2 Å². The first-order valence-corrected chi connectivity index (χ1v) is 18.6. The Kier molecular flexibility index (Phi) is 10.6. The molecule has 55 heavy (non-hydrogen) atoms. The van der Waals surface area contributed by atoms with E-state index in [1.165, 1.54) is 14.2 Å². The number of likely N-dealkylation sites (tertiary alicyclic amines) is 2. The monoisotopic (exact) mass is 746 g/mol. The second kappa shape index (κ2) is 15.7. The smallest absolute Gasteiger partial charge is 0.408 e. The highest BCUT2D eigenvalue weighted by Gasteiger charge is 2.51. The number of piperidine rings is 2. The maximum Gasteiger partial charge on any atom is 0.408 e. The normalized spacial score (nSPS) is 25.1. The van der Waals surface area contributed by atoms with Crippen LogP contribution in [0.15, 0.2) is 65.9 Å².